The Morgan fingerprint density at radius 3 is 2.50 bits per heavy atom. The van der Waals surface area contributed by atoms with Gasteiger partial charge in [0.05, 0.1) is 19.8 Å². The molecule has 1 N–H and O–H groups in total. The molecule has 0 radical (unpaired) electrons. The molecular formula is C18H30N2O2. The smallest absolute Gasteiger partial charge is 0.0698 e. The second-order valence-electron chi connectivity index (χ2n) is 6.09. The first-order chi connectivity index (χ1) is 10.8. The Hall–Kier alpha value is -0.940. The number of aliphatic hydroxyl groups excluding tert-OH is 1. The molecule has 4 nitrogen and oxygen atoms in total. The van der Waals surface area contributed by atoms with Crippen molar-refractivity contribution in [3.05, 3.63) is 35.9 Å². The summed E-state index contributed by atoms with van der Waals surface area (Å²) in [5, 5.41) is 8.69. The highest BCUT2D eigenvalue weighted by molar-refractivity contribution is 5.14. The van der Waals surface area contributed by atoms with Gasteiger partial charge in [-0.1, -0.05) is 30.3 Å². The van der Waals surface area contributed by atoms with Crippen LogP contribution in [0.1, 0.15) is 18.9 Å². The molecule has 1 aromatic carbocycles. The van der Waals surface area contributed by atoms with Gasteiger partial charge in [-0.3, -0.25) is 9.80 Å². The minimum Gasteiger partial charge on any atom is -0.394 e. The lowest BCUT2D eigenvalue weighted by Crippen LogP contribution is -2.50. The summed E-state index contributed by atoms with van der Waals surface area (Å²) < 4.78 is 5.34. The number of aliphatic hydroxyl groups is 1. The molecule has 0 aromatic heterocycles. The number of piperazine rings is 1. The van der Waals surface area contributed by atoms with Crippen LogP contribution in [0.2, 0.25) is 0 Å². The molecule has 124 valence electrons. The van der Waals surface area contributed by atoms with Crippen LogP contribution in [0.3, 0.4) is 0 Å². The van der Waals surface area contributed by atoms with Crippen LogP contribution in [-0.2, 0) is 11.2 Å². The van der Waals surface area contributed by atoms with Crippen molar-refractivity contribution in [2.24, 2.45) is 0 Å². The SMILES string of the molecule is C[C@H](CCc1ccccc1)N1CCN(CCOCCO)CC1. The van der Waals surface area contributed by atoms with Gasteiger partial charge in [-0.25, -0.2) is 0 Å². The van der Waals surface area contributed by atoms with Crippen LogP contribution in [0.5, 0.6) is 0 Å². The maximum Gasteiger partial charge on any atom is 0.0698 e. The van der Waals surface area contributed by atoms with E-state index < -0.39 is 0 Å². The molecule has 1 heterocycles. The van der Waals surface area contributed by atoms with E-state index in [0.29, 0.717) is 12.6 Å². The van der Waals surface area contributed by atoms with Crippen LogP contribution in [0.25, 0.3) is 0 Å². The van der Waals surface area contributed by atoms with Gasteiger partial charge in [-0.05, 0) is 25.3 Å². The topological polar surface area (TPSA) is 35.9 Å². The van der Waals surface area contributed by atoms with Gasteiger partial charge in [0.15, 0.2) is 0 Å². The number of ether oxygens (including phenoxy) is 1. The van der Waals surface area contributed by atoms with E-state index in [2.05, 4.69) is 47.1 Å². The second-order valence-corrected chi connectivity index (χ2v) is 6.09. The zero-order chi connectivity index (χ0) is 15.6. The summed E-state index contributed by atoms with van der Waals surface area (Å²) in [6.07, 6.45) is 2.39. The van der Waals surface area contributed by atoms with Crippen molar-refractivity contribution in [3.8, 4) is 0 Å². The molecule has 22 heavy (non-hydrogen) atoms. The number of hydrogen-bond acceptors (Lipinski definition) is 4. The average molecular weight is 306 g/mol. The monoisotopic (exact) mass is 306 g/mol. The Bertz CT molecular complexity index is 391. The summed E-state index contributed by atoms with van der Waals surface area (Å²) in [5.74, 6) is 0. The van der Waals surface area contributed by atoms with Gasteiger partial charge in [0.25, 0.3) is 0 Å². The first-order valence-corrected chi connectivity index (χ1v) is 8.48. The third-order valence-corrected chi connectivity index (χ3v) is 4.51. The molecule has 0 unspecified atom stereocenters. The maximum absolute atomic E-state index is 8.69. The molecular weight excluding hydrogens is 276 g/mol. The van der Waals surface area contributed by atoms with Gasteiger partial charge in [-0.15, -0.1) is 0 Å². The largest absolute Gasteiger partial charge is 0.394 e. The van der Waals surface area contributed by atoms with Crippen LogP contribution in [0.15, 0.2) is 30.3 Å². The zero-order valence-corrected chi connectivity index (χ0v) is 13.8. The molecule has 0 amide bonds. The molecule has 1 saturated heterocycles. The summed E-state index contributed by atoms with van der Waals surface area (Å²) in [5.41, 5.74) is 1.44. The quantitative estimate of drug-likeness (QED) is 0.704. The van der Waals surface area contributed by atoms with Crippen LogP contribution < -0.4 is 0 Å². The fraction of sp³-hybridized carbons (Fsp3) is 0.667. The molecule has 4 heteroatoms. The van der Waals surface area contributed by atoms with E-state index in [-0.39, 0.29) is 6.61 Å². The molecule has 1 aliphatic rings. The van der Waals surface area contributed by atoms with E-state index in [9.17, 15) is 0 Å². The third kappa shape index (κ3) is 6.05. The third-order valence-electron chi connectivity index (χ3n) is 4.51. The van der Waals surface area contributed by atoms with Gasteiger partial charge in [-0.2, -0.15) is 0 Å². The van der Waals surface area contributed by atoms with Gasteiger partial charge in [0, 0.05) is 38.8 Å². The average Bonchev–Trinajstić information content (AvgIpc) is 2.58. The van der Waals surface area contributed by atoms with Crippen molar-refractivity contribution in [2.75, 3.05) is 52.5 Å². The molecule has 0 bridgehead atoms. The van der Waals surface area contributed by atoms with E-state index in [1.807, 2.05) is 0 Å². The molecule has 1 atom stereocenters. The summed E-state index contributed by atoms with van der Waals surface area (Å²) >= 11 is 0. The molecule has 0 spiro atoms. The summed E-state index contributed by atoms with van der Waals surface area (Å²) in [7, 11) is 0. The molecule has 1 aromatic rings. The van der Waals surface area contributed by atoms with Gasteiger partial charge < -0.3 is 9.84 Å². The van der Waals surface area contributed by atoms with E-state index >= 15 is 0 Å². The molecule has 2 rings (SSSR count). The van der Waals surface area contributed by atoms with Crippen molar-refractivity contribution in [3.63, 3.8) is 0 Å². The van der Waals surface area contributed by atoms with Crippen LogP contribution in [-0.4, -0.2) is 73.5 Å². The number of rotatable bonds is 9. The maximum atomic E-state index is 8.69. The van der Waals surface area contributed by atoms with E-state index in [4.69, 9.17) is 9.84 Å². The normalized spacial score (nSPS) is 18.5. The molecule has 0 saturated carbocycles. The Balaban J connectivity index is 1.61. The number of aryl methyl sites for hydroxylation is 1. The minimum atomic E-state index is 0.118. The predicted molar refractivity (Wildman–Crippen MR) is 90.1 cm³/mol. The highest BCUT2D eigenvalue weighted by Gasteiger charge is 2.20. The summed E-state index contributed by atoms with van der Waals surface area (Å²) in [6, 6.07) is 11.4. The fourth-order valence-electron chi connectivity index (χ4n) is 2.99. The van der Waals surface area contributed by atoms with Crippen LogP contribution in [0.4, 0.5) is 0 Å². The highest BCUT2D eigenvalue weighted by Crippen LogP contribution is 2.12. The Morgan fingerprint density at radius 2 is 1.82 bits per heavy atom. The number of hydrogen-bond donors (Lipinski definition) is 1. The minimum absolute atomic E-state index is 0.118. The Kier molecular flexibility index (Phi) is 7.88. The van der Waals surface area contributed by atoms with Crippen LogP contribution >= 0.6 is 0 Å². The number of nitrogens with zero attached hydrogens (tertiary/aromatic N) is 2. The highest BCUT2D eigenvalue weighted by atomic mass is 16.5. The first kappa shape index (κ1) is 17.4. The lowest BCUT2D eigenvalue weighted by atomic mass is 10.0. The van der Waals surface area contributed by atoms with Crippen LogP contribution in [0, 0.1) is 0 Å². The van der Waals surface area contributed by atoms with E-state index in [1.54, 1.807) is 0 Å². The Labute approximate surface area is 134 Å². The second kappa shape index (κ2) is 9.95. The zero-order valence-electron chi connectivity index (χ0n) is 13.8. The van der Waals surface area contributed by atoms with Crippen molar-refractivity contribution in [1.29, 1.82) is 0 Å². The first-order valence-electron chi connectivity index (χ1n) is 8.48. The van der Waals surface area contributed by atoms with Gasteiger partial charge in [0.2, 0.25) is 0 Å². The fourth-order valence-corrected chi connectivity index (χ4v) is 2.99. The van der Waals surface area contributed by atoms with E-state index in [1.165, 1.54) is 12.0 Å². The van der Waals surface area contributed by atoms with Crippen molar-refractivity contribution < 1.29 is 9.84 Å². The standard InChI is InChI=1S/C18H30N2O2/c1-17(7-8-18-5-3-2-4-6-18)20-11-9-19(10-12-20)13-15-22-16-14-21/h2-6,17,21H,7-16H2,1H3/t17-/m1/s1. The lowest BCUT2D eigenvalue weighted by Gasteiger charge is -2.38. The van der Waals surface area contributed by atoms with E-state index in [0.717, 1.165) is 45.8 Å². The van der Waals surface area contributed by atoms with Gasteiger partial charge in [0.1, 0.15) is 0 Å². The molecule has 1 aliphatic heterocycles. The Morgan fingerprint density at radius 1 is 1.09 bits per heavy atom. The summed E-state index contributed by atoms with van der Waals surface area (Å²) in [6.45, 7) is 9.17. The molecule has 1 fully saturated rings. The number of benzene rings is 1. The van der Waals surface area contributed by atoms with Crippen molar-refractivity contribution >= 4 is 0 Å². The van der Waals surface area contributed by atoms with Gasteiger partial charge >= 0.3 is 0 Å². The predicted octanol–water partition coefficient (Wildman–Crippen LogP) is 1.63. The van der Waals surface area contributed by atoms with Crippen molar-refractivity contribution in [1.82, 2.24) is 9.80 Å². The van der Waals surface area contributed by atoms with Crippen molar-refractivity contribution in [2.45, 2.75) is 25.8 Å². The molecule has 0 aliphatic carbocycles. The lowest BCUT2D eigenvalue weighted by molar-refractivity contribution is 0.0495. The summed E-state index contributed by atoms with van der Waals surface area (Å²) in [4.78, 5) is 5.06.